The van der Waals surface area contributed by atoms with E-state index >= 15 is 0 Å². The van der Waals surface area contributed by atoms with Crippen molar-refractivity contribution in [1.82, 2.24) is 4.90 Å². The summed E-state index contributed by atoms with van der Waals surface area (Å²) in [7, 11) is 0. The van der Waals surface area contributed by atoms with E-state index in [0.717, 1.165) is 38.9 Å². The molecule has 0 saturated carbocycles. The average Bonchev–Trinajstić information content (AvgIpc) is 2.23. The molecule has 0 amide bonds. The third kappa shape index (κ3) is 5.82. The second-order valence-corrected chi connectivity index (χ2v) is 5.79. The Morgan fingerprint density at radius 1 is 1.29 bits per heavy atom. The van der Waals surface area contributed by atoms with Gasteiger partial charge in [-0.05, 0) is 40.2 Å². The Morgan fingerprint density at radius 2 is 1.88 bits per heavy atom. The van der Waals surface area contributed by atoms with Crippen LogP contribution in [-0.4, -0.2) is 54.0 Å². The molecule has 3 unspecified atom stereocenters. The number of unbranched alkanes of at least 4 members (excludes halogenated alkanes) is 1. The highest BCUT2D eigenvalue weighted by Gasteiger charge is 2.22. The highest BCUT2D eigenvalue weighted by atomic mass is 16.5. The van der Waals surface area contributed by atoms with Crippen LogP contribution in [0.15, 0.2) is 0 Å². The van der Waals surface area contributed by atoms with Crippen LogP contribution in [0, 0.1) is 0 Å². The number of aliphatic hydroxyl groups is 1. The van der Waals surface area contributed by atoms with Crippen LogP contribution in [0.5, 0.6) is 0 Å². The Bertz CT molecular complexity index is 211. The Kier molecular flexibility index (Phi) is 5.86. The first kappa shape index (κ1) is 14.9. The number of ether oxygens (including phenoxy) is 1. The summed E-state index contributed by atoms with van der Waals surface area (Å²) in [5.41, 5.74) is 5.48. The lowest BCUT2D eigenvalue weighted by Crippen LogP contribution is -2.45. The number of nitrogens with zero attached hydrogens (tertiary/aromatic N) is 1. The summed E-state index contributed by atoms with van der Waals surface area (Å²) in [6, 6.07) is 0. The maximum Gasteiger partial charge on any atom is 0.0678 e. The first-order valence-electron chi connectivity index (χ1n) is 6.70. The highest BCUT2D eigenvalue weighted by molar-refractivity contribution is 4.78. The SMILES string of the molecule is CC1CN(CCCCC(C)(N)CO)CC(C)O1. The van der Waals surface area contributed by atoms with Gasteiger partial charge in [0.25, 0.3) is 0 Å². The van der Waals surface area contributed by atoms with Crippen molar-refractivity contribution in [2.24, 2.45) is 5.73 Å². The van der Waals surface area contributed by atoms with Crippen LogP contribution in [0.2, 0.25) is 0 Å². The van der Waals surface area contributed by atoms with Crippen molar-refractivity contribution in [3.05, 3.63) is 0 Å². The molecule has 0 bridgehead atoms. The van der Waals surface area contributed by atoms with Crippen LogP contribution >= 0.6 is 0 Å². The summed E-state index contributed by atoms with van der Waals surface area (Å²) in [5.74, 6) is 0. The molecule has 1 aliphatic rings. The first-order chi connectivity index (χ1) is 7.93. The maximum atomic E-state index is 9.06. The molecular weight excluding hydrogens is 216 g/mol. The van der Waals surface area contributed by atoms with Gasteiger partial charge in [-0.15, -0.1) is 0 Å². The van der Waals surface area contributed by atoms with Gasteiger partial charge in [0, 0.05) is 18.6 Å². The molecule has 1 fully saturated rings. The molecule has 3 N–H and O–H groups in total. The predicted molar refractivity (Wildman–Crippen MR) is 70.0 cm³/mol. The zero-order valence-electron chi connectivity index (χ0n) is 11.5. The van der Waals surface area contributed by atoms with E-state index in [1.165, 1.54) is 0 Å². The number of hydrogen-bond donors (Lipinski definition) is 2. The molecule has 0 aromatic rings. The minimum atomic E-state index is -0.411. The molecule has 3 atom stereocenters. The van der Waals surface area contributed by atoms with Gasteiger partial charge in [0.05, 0.1) is 18.8 Å². The quantitative estimate of drug-likeness (QED) is 0.684. The zero-order chi connectivity index (χ0) is 12.9. The van der Waals surface area contributed by atoms with Crippen molar-refractivity contribution in [2.45, 2.75) is 57.8 Å². The van der Waals surface area contributed by atoms with Crippen molar-refractivity contribution in [1.29, 1.82) is 0 Å². The van der Waals surface area contributed by atoms with E-state index in [2.05, 4.69) is 18.7 Å². The molecule has 0 spiro atoms. The lowest BCUT2D eigenvalue weighted by atomic mass is 9.97. The third-order valence-electron chi connectivity index (χ3n) is 3.33. The molecule has 4 nitrogen and oxygen atoms in total. The largest absolute Gasteiger partial charge is 0.394 e. The molecule has 0 aliphatic carbocycles. The van der Waals surface area contributed by atoms with E-state index < -0.39 is 5.54 Å². The summed E-state index contributed by atoms with van der Waals surface area (Å²) < 4.78 is 5.70. The van der Waals surface area contributed by atoms with Crippen molar-refractivity contribution in [2.75, 3.05) is 26.2 Å². The number of nitrogens with two attached hydrogens (primary N) is 1. The van der Waals surface area contributed by atoms with Gasteiger partial charge < -0.3 is 15.6 Å². The lowest BCUT2D eigenvalue weighted by Gasteiger charge is -2.35. The van der Waals surface area contributed by atoms with E-state index in [4.69, 9.17) is 15.6 Å². The fraction of sp³-hybridized carbons (Fsp3) is 1.00. The Balaban J connectivity index is 2.14. The number of rotatable bonds is 6. The molecule has 0 radical (unpaired) electrons. The summed E-state index contributed by atoms with van der Waals surface area (Å²) in [6.07, 6.45) is 3.80. The molecule has 0 aromatic carbocycles. The monoisotopic (exact) mass is 244 g/mol. The Hall–Kier alpha value is -0.160. The first-order valence-corrected chi connectivity index (χ1v) is 6.70. The smallest absolute Gasteiger partial charge is 0.0678 e. The van der Waals surface area contributed by atoms with Crippen LogP contribution in [0.4, 0.5) is 0 Å². The highest BCUT2D eigenvalue weighted by Crippen LogP contribution is 2.14. The normalized spacial score (nSPS) is 30.2. The van der Waals surface area contributed by atoms with Gasteiger partial charge in [-0.1, -0.05) is 6.42 Å². The standard InChI is InChI=1S/C13H28N2O2/c1-11-8-15(9-12(2)17-11)7-5-4-6-13(3,14)10-16/h11-12,16H,4-10,14H2,1-3H3. The molecule has 1 saturated heterocycles. The van der Waals surface area contributed by atoms with E-state index in [0.29, 0.717) is 12.2 Å². The summed E-state index contributed by atoms with van der Waals surface area (Å²) in [6.45, 7) is 9.41. The van der Waals surface area contributed by atoms with E-state index in [1.807, 2.05) is 6.92 Å². The fourth-order valence-electron chi connectivity index (χ4n) is 2.41. The van der Waals surface area contributed by atoms with Gasteiger partial charge in [0.15, 0.2) is 0 Å². The second-order valence-electron chi connectivity index (χ2n) is 5.79. The van der Waals surface area contributed by atoms with Crippen LogP contribution in [-0.2, 0) is 4.74 Å². The third-order valence-corrected chi connectivity index (χ3v) is 3.33. The van der Waals surface area contributed by atoms with E-state index in [9.17, 15) is 0 Å². The van der Waals surface area contributed by atoms with Crippen LogP contribution in [0.1, 0.15) is 40.0 Å². The summed E-state index contributed by atoms with van der Waals surface area (Å²) >= 11 is 0. The van der Waals surface area contributed by atoms with E-state index in [-0.39, 0.29) is 6.61 Å². The topological polar surface area (TPSA) is 58.7 Å². The molecule has 1 rings (SSSR count). The molecular formula is C13H28N2O2. The summed E-state index contributed by atoms with van der Waals surface area (Å²) in [4.78, 5) is 2.46. The molecule has 17 heavy (non-hydrogen) atoms. The lowest BCUT2D eigenvalue weighted by molar-refractivity contribution is -0.0682. The number of morpholine rings is 1. The number of aliphatic hydroxyl groups excluding tert-OH is 1. The van der Waals surface area contributed by atoms with Crippen molar-refractivity contribution in [3.8, 4) is 0 Å². The Morgan fingerprint density at radius 3 is 2.41 bits per heavy atom. The molecule has 102 valence electrons. The molecule has 4 heteroatoms. The van der Waals surface area contributed by atoms with Gasteiger partial charge in [-0.25, -0.2) is 0 Å². The number of hydrogen-bond acceptors (Lipinski definition) is 4. The van der Waals surface area contributed by atoms with Crippen LogP contribution in [0.3, 0.4) is 0 Å². The summed E-state index contributed by atoms with van der Waals surface area (Å²) in [5, 5.41) is 9.06. The van der Waals surface area contributed by atoms with Crippen LogP contribution in [0.25, 0.3) is 0 Å². The fourth-order valence-corrected chi connectivity index (χ4v) is 2.41. The van der Waals surface area contributed by atoms with Gasteiger partial charge in [-0.3, -0.25) is 4.90 Å². The maximum absolute atomic E-state index is 9.06. The van der Waals surface area contributed by atoms with E-state index in [1.54, 1.807) is 0 Å². The van der Waals surface area contributed by atoms with Crippen molar-refractivity contribution in [3.63, 3.8) is 0 Å². The minimum Gasteiger partial charge on any atom is -0.394 e. The van der Waals surface area contributed by atoms with Gasteiger partial charge in [0.1, 0.15) is 0 Å². The second kappa shape index (κ2) is 6.69. The van der Waals surface area contributed by atoms with Crippen molar-refractivity contribution >= 4 is 0 Å². The van der Waals surface area contributed by atoms with Crippen LogP contribution < -0.4 is 5.73 Å². The predicted octanol–water partition coefficient (Wildman–Crippen LogP) is 0.976. The average molecular weight is 244 g/mol. The van der Waals surface area contributed by atoms with Crippen molar-refractivity contribution < 1.29 is 9.84 Å². The molecule has 1 aliphatic heterocycles. The molecule has 0 aromatic heterocycles. The Labute approximate surface area is 105 Å². The van der Waals surface area contributed by atoms with Gasteiger partial charge in [0.2, 0.25) is 0 Å². The van der Waals surface area contributed by atoms with Gasteiger partial charge in [-0.2, -0.15) is 0 Å². The zero-order valence-corrected chi connectivity index (χ0v) is 11.5. The van der Waals surface area contributed by atoms with Gasteiger partial charge >= 0.3 is 0 Å². The minimum absolute atomic E-state index is 0.0681. The molecule has 1 heterocycles.